The molecule has 1 heterocycles. The lowest BCUT2D eigenvalue weighted by molar-refractivity contribution is -0.118. The molecule has 1 amide bonds. The Morgan fingerprint density at radius 3 is 2.82 bits per heavy atom. The van der Waals surface area contributed by atoms with Gasteiger partial charge in [-0.1, -0.05) is 19.9 Å². The maximum Gasteiger partial charge on any atom is 0.262 e. The molecular weight excluding hydrogens is 354 g/mol. The van der Waals surface area contributed by atoms with E-state index in [-0.39, 0.29) is 18.4 Å². The number of carbonyl (C=O) groups excluding carboxylic acids is 1. The van der Waals surface area contributed by atoms with E-state index >= 15 is 0 Å². The number of nitriles is 1. The van der Waals surface area contributed by atoms with E-state index in [0.29, 0.717) is 22.9 Å². The first-order valence-corrected chi connectivity index (χ1v) is 9.53. The maximum atomic E-state index is 12.3. The quantitative estimate of drug-likeness (QED) is 0.793. The number of amides is 1. The van der Waals surface area contributed by atoms with Gasteiger partial charge in [0.15, 0.2) is 6.61 Å². The van der Waals surface area contributed by atoms with Gasteiger partial charge < -0.3 is 14.8 Å². The molecule has 6 heteroatoms. The summed E-state index contributed by atoms with van der Waals surface area (Å²) in [5.74, 6) is 1.06. The third-order valence-electron chi connectivity index (χ3n) is 4.73. The first-order valence-electron chi connectivity index (χ1n) is 9.53. The van der Waals surface area contributed by atoms with Crippen molar-refractivity contribution in [3.8, 4) is 17.7 Å². The van der Waals surface area contributed by atoms with Gasteiger partial charge in [0.05, 0.1) is 7.11 Å². The van der Waals surface area contributed by atoms with Gasteiger partial charge >= 0.3 is 0 Å². The zero-order valence-electron chi connectivity index (χ0n) is 16.5. The van der Waals surface area contributed by atoms with E-state index in [1.807, 2.05) is 0 Å². The number of ether oxygens (including phenoxy) is 2. The van der Waals surface area contributed by atoms with Gasteiger partial charge in [-0.15, -0.1) is 0 Å². The number of anilines is 1. The summed E-state index contributed by atoms with van der Waals surface area (Å²) in [5.41, 5.74) is 4.31. The standard InChI is InChI=1S/C22H25N3O3/c1-14(2)10-20-18-9-5-8-17(18)19(12-23)22(25-20)28-13-21(26)24-15-6-4-7-16(11-15)27-3/h4,6-7,11,14H,5,8-10,13H2,1-3H3,(H,24,26). The molecule has 0 radical (unpaired) electrons. The van der Waals surface area contributed by atoms with Crippen LogP contribution in [0.2, 0.25) is 0 Å². The van der Waals surface area contributed by atoms with Crippen LogP contribution in [0.1, 0.15) is 42.7 Å². The zero-order valence-corrected chi connectivity index (χ0v) is 16.5. The van der Waals surface area contributed by atoms with E-state index in [0.717, 1.165) is 36.9 Å². The number of carbonyl (C=O) groups is 1. The van der Waals surface area contributed by atoms with Gasteiger partial charge in [0.1, 0.15) is 17.4 Å². The number of nitrogens with zero attached hydrogens (tertiary/aromatic N) is 2. The summed E-state index contributed by atoms with van der Waals surface area (Å²) >= 11 is 0. The van der Waals surface area contributed by atoms with Crippen LogP contribution >= 0.6 is 0 Å². The van der Waals surface area contributed by atoms with E-state index in [1.54, 1.807) is 31.4 Å². The second-order valence-corrected chi connectivity index (χ2v) is 7.33. The van der Waals surface area contributed by atoms with Gasteiger partial charge in [-0.25, -0.2) is 4.98 Å². The summed E-state index contributed by atoms with van der Waals surface area (Å²) in [4.78, 5) is 16.9. The Labute approximate surface area is 165 Å². The number of hydrogen-bond donors (Lipinski definition) is 1. The number of methoxy groups -OCH3 is 1. The number of rotatable bonds is 7. The Morgan fingerprint density at radius 2 is 2.11 bits per heavy atom. The van der Waals surface area contributed by atoms with Crippen molar-refractivity contribution in [2.45, 2.75) is 39.5 Å². The minimum absolute atomic E-state index is 0.210. The summed E-state index contributed by atoms with van der Waals surface area (Å²) in [7, 11) is 1.57. The van der Waals surface area contributed by atoms with Gasteiger partial charge in [-0.2, -0.15) is 5.26 Å². The summed E-state index contributed by atoms with van der Waals surface area (Å²) in [6, 6.07) is 9.33. The molecule has 0 fully saturated rings. The SMILES string of the molecule is COc1cccc(NC(=O)COc2nc(CC(C)C)c3c(c2C#N)CCC3)c1. The van der Waals surface area contributed by atoms with Crippen molar-refractivity contribution in [3.05, 3.63) is 46.6 Å². The Morgan fingerprint density at radius 1 is 1.32 bits per heavy atom. The normalized spacial score (nSPS) is 12.4. The number of nitrogens with one attached hydrogen (secondary N) is 1. The molecule has 0 saturated carbocycles. The fourth-order valence-corrected chi connectivity index (χ4v) is 3.52. The van der Waals surface area contributed by atoms with Gasteiger partial charge in [0, 0.05) is 17.4 Å². The number of hydrogen-bond acceptors (Lipinski definition) is 5. The molecule has 1 aliphatic rings. The average molecular weight is 379 g/mol. The number of fused-ring (bicyclic) bond motifs is 1. The van der Waals surface area contributed by atoms with Crippen LogP contribution in [-0.4, -0.2) is 24.6 Å². The van der Waals surface area contributed by atoms with E-state index in [9.17, 15) is 10.1 Å². The molecule has 0 atom stereocenters. The summed E-state index contributed by atoms with van der Waals surface area (Å²) in [6.07, 6.45) is 3.67. The highest BCUT2D eigenvalue weighted by Crippen LogP contribution is 2.33. The molecule has 1 aliphatic carbocycles. The molecule has 0 aliphatic heterocycles. The summed E-state index contributed by atoms with van der Waals surface area (Å²) in [5, 5.41) is 12.4. The molecular formula is C22H25N3O3. The molecule has 1 N–H and O–H groups in total. The van der Waals surface area contributed by atoms with E-state index in [2.05, 4.69) is 30.2 Å². The third-order valence-corrected chi connectivity index (χ3v) is 4.73. The van der Waals surface area contributed by atoms with Crippen LogP contribution in [0.15, 0.2) is 24.3 Å². The van der Waals surface area contributed by atoms with Crippen molar-refractivity contribution in [2.75, 3.05) is 19.0 Å². The van der Waals surface area contributed by atoms with Gasteiger partial charge in [0.2, 0.25) is 5.88 Å². The van der Waals surface area contributed by atoms with Crippen LogP contribution < -0.4 is 14.8 Å². The lowest BCUT2D eigenvalue weighted by Crippen LogP contribution is -2.21. The minimum atomic E-state index is -0.315. The topological polar surface area (TPSA) is 84.2 Å². The first kappa shape index (κ1) is 19.7. The van der Waals surface area contributed by atoms with Crippen LogP contribution in [0.4, 0.5) is 5.69 Å². The predicted molar refractivity (Wildman–Crippen MR) is 107 cm³/mol. The second-order valence-electron chi connectivity index (χ2n) is 7.33. The van der Waals surface area contributed by atoms with Crippen molar-refractivity contribution in [1.29, 1.82) is 5.26 Å². The van der Waals surface area contributed by atoms with Crippen molar-refractivity contribution >= 4 is 11.6 Å². The van der Waals surface area contributed by atoms with Crippen molar-refractivity contribution < 1.29 is 14.3 Å². The van der Waals surface area contributed by atoms with Crippen molar-refractivity contribution in [2.24, 2.45) is 5.92 Å². The minimum Gasteiger partial charge on any atom is -0.497 e. The molecule has 28 heavy (non-hydrogen) atoms. The molecule has 0 bridgehead atoms. The largest absolute Gasteiger partial charge is 0.497 e. The van der Waals surface area contributed by atoms with E-state index < -0.39 is 0 Å². The highest BCUT2D eigenvalue weighted by Gasteiger charge is 2.25. The van der Waals surface area contributed by atoms with Gasteiger partial charge in [-0.3, -0.25) is 4.79 Å². The fraction of sp³-hybridized carbons (Fsp3) is 0.409. The average Bonchev–Trinajstić information content (AvgIpc) is 3.16. The smallest absolute Gasteiger partial charge is 0.262 e. The van der Waals surface area contributed by atoms with Crippen molar-refractivity contribution in [1.82, 2.24) is 4.98 Å². The van der Waals surface area contributed by atoms with Crippen LogP contribution in [0, 0.1) is 17.2 Å². The highest BCUT2D eigenvalue weighted by atomic mass is 16.5. The Bertz CT molecular complexity index is 916. The molecule has 1 aromatic heterocycles. The van der Waals surface area contributed by atoms with Crippen LogP contribution in [0.5, 0.6) is 11.6 Å². The van der Waals surface area contributed by atoms with E-state index in [1.165, 1.54) is 5.56 Å². The van der Waals surface area contributed by atoms with E-state index in [4.69, 9.17) is 9.47 Å². The molecule has 2 aromatic rings. The lowest BCUT2D eigenvalue weighted by atomic mass is 9.98. The Hall–Kier alpha value is -3.07. The molecule has 0 unspecified atom stereocenters. The third kappa shape index (κ3) is 4.42. The monoisotopic (exact) mass is 379 g/mol. The molecule has 0 spiro atoms. The Balaban J connectivity index is 1.76. The molecule has 3 rings (SSSR count). The van der Waals surface area contributed by atoms with Crippen molar-refractivity contribution in [3.63, 3.8) is 0 Å². The highest BCUT2D eigenvalue weighted by molar-refractivity contribution is 5.92. The number of aromatic nitrogens is 1. The fourth-order valence-electron chi connectivity index (χ4n) is 3.52. The van der Waals surface area contributed by atoms with Crippen LogP contribution in [-0.2, 0) is 24.1 Å². The molecule has 1 aromatic carbocycles. The number of benzene rings is 1. The van der Waals surface area contributed by atoms with Gasteiger partial charge in [-0.05, 0) is 54.9 Å². The predicted octanol–water partition coefficient (Wildman–Crippen LogP) is 3.67. The molecule has 146 valence electrons. The maximum absolute atomic E-state index is 12.3. The molecule has 6 nitrogen and oxygen atoms in total. The van der Waals surface area contributed by atoms with Crippen LogP contribution in [0.25, 0.3) is 0 Å². The lowest BCUT2D eigenvalue weighted by Gasteiger charge is -2.15. The first-order chi connectivity index (χ1) is 13.5. The van der Waals surface area contributed by atoms with Gasteiger partial charge in [0.25, 0.3) is 5.91 Å². The van der Waals surface area contributed by atoms with Crippen LogP contribution in [0.3, 0.4) is 0 Å². The summed E-state index contributed by atoms with van der Waals surface area (Å²) < 4.78 is 10.8. The number of pyridine rings is 1. The second kappa shape index (κ2) is 8.75. The Kier molecular flexibility index (Phi) is 6.15. The summed E-state index contributed by atoms with van der Waals surface area (Å²) in [6.45, 7) is 4.07. The molecule has 0 saturated heterocycles. The zero-order chi connectivity index (χ0) is 20.1.